The first-order chi connectivity index (χ1) is 17.7. The molecule has 1 aromatic carbocycles. The molecule has 0 aliphatic rings. The number of hydrogen-bond donors (Lipinski definition) is 8. The second-order valence-corrected chi connectivity index (χ2v) is 9.10. The van der Waals surface area contributed by atoms with Gasteiger partial charge in [0.25, 0.3) is 0 Å². The molecule has 0 saturated heterocycles. The minimum atomic E-state index is -1.55. The third kappa shape index (κ3) is 11.2. The Morgan fingerprint density at radius 3 is 1.79 bits per heavy atom. The van der Waals surface area contributed by atoms with E-state index in [4.69, 9.17) is 16.6 Å². The number of aliphatic carboxylic acids is 2. The van der Waals surface area contributed by atoms with Crippen LogP contribution in [0.1, 0.15) is 45.1 Å². The van der Waals surface area contributed by atoms with Gasteiger partial charge in [0.05, 0.1) is 6.04 Å². The number of phenols is 1. The van der Waals surface area contributed by atoms with Gasteiger partial charge in [-0.15, -0.1) is 0 Å². The number of rotatable bonds is 16. The molecule has 0 radical (unpaired) electrons. The molecule has 0 fully saturated rings. The normalized spacial score (nSPS) is 14.0. The number of carbonyl (C=O) groups is 6. The molecular weight excluding hydrogens is 502 g/mol. The van der Waals surface area contributed by atoms with E-state index in [1.807, 2.05) is 0 Å². The number of carboxylic acid groups (broad SMARTS) is 2. The quantitative estimate of drug-likeness (QED) is 0.122. The first-order valence-corrected chi connectivity index (χ1v) is 11.9. The van der Waals surface area contributed by atoms with Crippen LogP contribution in [-0.4, -0.2) is 75.1 Å². The molecule has 0 aromatic heterocycles. The van der Waals surface area contributed by atoms with Gasteiger partial charge in [-0.1, -0.05) is 26.0 Å². The Bertz CT molecular complexity index is 1010. The standard InChI is InChI=1S/C24H35N5O9/c1-12(2)20(26)23(36)27-15(7-9-18(25)31)21(34)29-17(11-13-3-5-14(30)6-4-13)22(35)28-16(24(37)38)8-10-19(32)33/h3-6,12,15-17,20,30H,7-11,26H2,1-2H3,(H2,25,31)(H,27,36)(H,28,35)(H,29,34)(H,32,33)(H,37,38). The second-order valence-electron chi connectivity index (χ2n) is 9.10. The lowest BCUT2D eigenvalue weighted by molar-refractivity contribution is -0.143. The number of hydrogen-bond acceptors (Lipinski definition) is 8. The largest absolute Gasteiger partial charge is 0.508 e. The summed E-state index contributed by atoms with van der Waals surface area (Å²) in [6.07, 6.45) is -1.53. The summed E-state index contributed by atoms with van der Waals surface area (Å²) >= 11 is 0. The Labute approximate surface area is 219 Å². The van der Waals surface area contributed by atoms with Crippen LogP contribution < -0.4 is 27.4 Å². The molecule has 4 amide bonds. The molecule has 0 aliphatic heterocycles. The highest BCUT2D eigenvalue weighted by Gasteiger charge is 2.31. The second kappa shape index (κ2) is 15.1. The van der Waals surface area contributed by atoms with E-state index in [2.05, 4.69) is 16.0 Å². The number of phenolic OH excluding ortho intramolecular Hbond substituents is 1. The number of carboxylic acids is 2. The van der Waals surface area contributed by atoms with Crippen LogP contribution in [0.3, 0.4) is 0 Å². The van der Waals surface area contributed by atoms with Gasteiger partial charge in [-0.05, 0) is 36.5 Å². The maximum Gasteiger partial charge on any atom is 0.326 e. The fraction of sp³-hybridized carbons (Fsp3) is 0.500. The zero-order chi connectivity index (χ0) is 29.0. The van der Waals surface area contributed by atoms with Crippen LogP contribution in [0.4, 0.5) is 0 Å². The van der Waals surface area contributed by atoms with E-state index in [0.717, 1.165) is 0 Å². The van der Waals surface area contributed by atoms with Gasteiger partial charge in [0.15, 0.2) is 0 Å². The SMILES string of the molecule is CC(C)C(N)C(=O)NC(CCC(N)=O)C(=O)NC(Cc1ccc(O)cc1)C(=O)NC(CCC(=O)O)C(=O)O. The molecule has 0 aliphatic carbocycles. The molecule has 10 N–H and O–H groups in total. The van der Waals surface area contributed by atoms with Crippen molar-refractivity contribution in [3.8, 4) is 5.75 Å². The number of benzene rings is 1. The van der Waals surface area contributed by atoms with Crippen LogP contribution in [-0.2, 0) is 35.2 Å². The van der Waals surface area contributed by atoms with Crippen LogP contribution in [0.2, 0.25) is 0 Å². The highest BCUT2D eigenvalue weighted by Crippen LogP contribution is 2.12. The minimum Gasteiger partial charge on any atom is -0.508 e. The summed E-state index contributed by atoms with van der Waals surface area (Å²) in [4.78, 5) is 72.4. The predicted octanol–water partition coefficient (Wildman–Crippen LogP) is -1.41. The summed E-state index contributed by atoms with van der Waals surface area (Å²) in [5.41, 5.74) is 11.5. The number of primary amides is 1. The summed E-state index contributed by atoms with van der Waals surface area (Å²) in [6.45, 7) is 3.40. The maximum absolute atomic E-state index is 13.1. The number of nitrogens with one attached hydrogen (secondary N) is 3. The molecule has 1 aromatic rings. The number of carbonyl (C=O) groups excluding carboxylic acids is 4. The zero-order valence-corrected chi connectivity index (χ0v) is 21.2. The number of aromatic hydroxyl groups is 1. The van der Waals surface area contributed by atoms with Crippen molar-refractivity contribution < 1.29 is 44.1 Å². The number of nitrogens with two attached hydrogens (primary N) is 2. The molecule has 4 atom stereocenters. The van der Waals surface area contributed by atoms with Crippen molar-refractivity contribution in [1.29, 1.82) is 0 Å². The van der Waals surface area contributed by atoms with Crippen LogP contribution in [0.25, 0.3) is 0 Å². The van der Waals surface area contributed by atoms with Crippen LogP contribution >= 0.6 is 0 Å². The minimum absolute atomic E-state index is 0.0471. The van der Waals surface area contributed by atoms with Crippen molar-refractivity contribution in [2.24, 2.45) is 17.4 Å². The van der Waals surface area contributed by atoms with E-state index < -0.39 is 72.6 Å². The molecule has 0 spiro atoms. The van der Waals surface area contributed by atoms with E-state index >= 15 is 0 Å². The van der Waals surface area contributed by atoms with Crippen molar-refractivity contribution in [1.82, 2.24) is 16.0 Å². The van der Waals surface area contributed by atoms with E-state index in [9.17, 15) is 39.0 Å². The van der Waals surface area contributed by atoms with Crippen LogP contribution in [0.15, 0.2) is 24.3 Å². The summed E-state index contributed by atoms with van der Waals surface area (Å²) in [6, 6.07) is 0.490. The molecular formula is C24H35N5O9. The van der Waals surface area contributed by atoms with Crippen molar-refractivity contribution in [2.75, 3.05) is 0 Å². The van der Waals surface area contributed by atoms with E-state index in [-0.39, 0.29) is 30.9 Å². The summed E-state index contributed by atoms with van der Waals surface area (Å²) in [5, 5.41) is 34.9. The Morgan fingerprint density at radius 2 is 1.29 bits per heavy atom. The summed E-state index contributed by atoms with van der Waals surface area (Å²) in [7, 11) is 0. The molecule has 210 valence electrons. The van der Waals surface area contributed by atoms with E-state index in [1.165, 1.54) is 24.3 Å². The first kappa shape index (κ1) is 31.8. The average Bonchev–Trinajstić information content (AvgIpc) is 2.83. The van der Waals surface area contributed by atoms with Gasteiger partial charge < -0.3 is 42.7 Å². The van der Waals surface area contributed by atoms with Crippen molar-refractivity contribution >= 4 is 35.6 Å². The van der Waals surface area contributed by atoms with Gasteiger partial charge in [0.1, 0.15) is 23.9 Å². The smallest absolute Gasteiger partial charge is 0.326 e. The third-order valence-electron chi connectivity index (χ3n) is 5.60. The topological polar surface area (TPSA) is 251 Å². The molecule has 0 heterocycles. The van der Waals surface area contributed by atoms with Crippen LogP contribution in [0.5, 0.6) is 5.75 Å². The van der Waals surface area contributed by atoms with Gasteiger partial charge in [-0.25, -0.2) is 4.79 Å². The van der Waals surface area contributed by atoms with Crippen LogP contribution in [0, 0.1) is 5.92 Å². The Hall–Kier alpha value is -4.20. The lowest BCUT2D eigenvalue weighted by Crippen LogP contribution is -2.58. The van der Waals surface area contributed by atoms with Crippen molar-refractivity contribution in [2.45, 2.75) is 70.1 Å². The first-order valence-electron chi connectivity index (χ1n) is 11.9. The molecule has 0 bridgehead atoms. The van der Waals surface area contributed by atoms with Crippen molar-refractivity contribution in [3.63, 3.8) is 0 Å². The Balaban J connectivity index is 3.19. The van der Waals surface area contributed by atoms with E-state index in [0.29, 0.717) is 5.56 Å². The summed E-state index contributed by atoms with van der Waals surface area (Å²) in [5.74, 6) is -6.21. The van der Waals surface area contributed by atoms with Gasteiger partial charge >= 0.3 is 11.9 Å². The average molecular weight is 538 g/mol. The highest BCUT2D eigenvalue weighted by molar-refractivity contribution is 5.94. The molecule has 0 saturated carbocycles. The fourth-order valence-electron chi connectivity index (χ4n) is 3.27. The molecule has 1 rings (SSSR count). The monoisotopic (exact) mass is 537 g/mol. The Kier molecular flexibility index (Phi) is 12.7. The lowest BCUT2D eigenvalue weighted by atomic mass is 10.0. The molecule has 4 unspecified atom stereocenters. The molecule has 14 heteroatoms. The highest BCUT2D eigenvalue weighted by atomic mass is 16.4. The summed E-state index contributed by atoms with van der Waals surface area (Å²) < 4.78 is 0. The van der Waals surface area contributed by atoms with Gasteiger partial charge in [0, 0.05) is 19.3 Å². The fourth-order valence-corrected chi connectivity index (χ4v) is 3.27. The number of amides is 4. The van der Waals surface area contributed by atoms with Crippen molar-refractivity contribution in [3.05, 3.63) is 29.8 Å². The van der Waals surface area contributed by atoms with E-state index in [1.54, 1.807) is 13.8 Å². The third-order valence-corrected chi connectivity index (χ3v) is 5.60. The van der Waals surface area contributed by atoms with Gasteiger partial charge in [0.2, 0.25) is 23.6 Å². The predicted molar refractivity (Wildman–Crippen MR) is 133 cm³/mol. The van der Waals surface area contributed by atoms with Gasteiger partial charge in [-0.3, -0.25) is 24.0 Å². The molecule has 14 nitrogen and oxygen atoms in total. The zero-order valence-electron chi connectivity index (χ0n) is 21.2. The Morgan fingerprint density at radius 1 is 0.789 bits per heavy atom. The maximum atomic E-state index is 13.1. The molecule has 38 heavy (non-hydrogen) atoms. The lowest BCUT2D eigenvalue weighted by Gasteiger charge is -2.25. The van der Waals surface area contributed by atoms with Gasteiger partial charge in [-0.2, -0.15) is 0 Å².